The quantitative estimate of drug-likeness (QED) is 0.452. The summed E-state index contributed by atoms with van der Waals surface area (Å²) in [5.74, 6) is -0.225. The van der Waals surface area contributed by atoms with Crippen LogP contribution in [0.4, 0.5) is 11.4 Å². The smallest absolute Gasteiger partial charge is 0.264 e. The van der Waals surface area contributed by atoms with E-state index in [1.54, 1.807) is 6.08 Å². The molecule has 1 heterocycles. The van der Waals surface area contributed by atoms with Gasteiger partial charge in [0.25, 0.3) is 5.56 Å². The molecule has 7 heteroatoms. The number of aromatic nitrogens is 2. The molecule has 0 aliphatic carbocycles. The lowest BCUT2D eigenvalue weighted by Gasteiger charge is -2.20. The molecule has 0 radical (unpaired) electrons. The maximum atomic E-state index is 12.0. The number of hydrogen-bond acceptors (Lipinski definition) is 5. The summed E-state index contributed by atoms with van der Waals surface area (Å²) in [6, 6.07) is 7.70. The van der Waals surface area contributed by atoms with Crippen molar-refractivity contribution >= 4 is 29.8 Å². The van der Waals surface area contributed by atoms with Gasteiger partial charge in [0.15, 0.2) is 4.77 Å². The molecular weight excluding hydrogens is 336 g/mol. The second-order valence-corrected chi connectivity index (χ2v) is 5.73. The van der Waals surface area contributed by atoms with E-state index in [4.69, 9.17) is 12.2 Å². The van der Waals surface area contributed by atoms with Crippen LogP contribution >= 0.6 is 12.2 Å². The molecule has 1 aromatic carbocycles. The third kappa shape index (κ3) is 4.24. The van der Waals surface area contributed by atoms with Crippen LogP contribution in [0.5, 0.6) is 5.88 Å². The van der Waals surface area contributed by atoms with Crippen molar-refractivity contribution < 1.29 is 5.11 Å². The Morgan fingerprint density at radius 1 is 1.32 bits per heavy atom. The Labute approximate surface area is 151 Å². The fourth-order valence-electron chi connectivity index (χ4n) is 2.47. The lowest BCUT2D eigenvalue weighted by Crippen LogP contribution is -2.21. The summed E-state index contributed by atoms with van der Waals surface area (Å²) in [6.07, 6.45) is 2.93. The van der Waals surface area contributed by atoms with Crippen LogP contribution in [0.2, 0.25) is 0 Å². The summed E-state index contributed by atoms with van der Waals surface area (Å²) in [6.45, 7) is 9.97. The van der Waals surface area contributed by atoms with Gasteiger partial charge >= 0.3 is 0 Å². The second kappa shape index (κ2) is 8.43. The molecule has 6 nitrogen and oxygen atoms in total. The van der Waals surface area contributed by atoms with Crippen molar-refractivity contribution in [1.82, 2.24) is 9.55 Å². The van der Waals surface area contributed by atoms with Gasteiger partial charge in [-0.1, -0.05) is 6.08 Å². The highest BCUT2D eigenvalue weighted by molar-refractivity contribution is 7.71. The van der Waals surface area contributed by atoms with Gasteiger partial charge in [-0.05, 0) is 50.3 Å². The van der Waals surface area contributed by atoms with Crippen LogP contribution in [0.15, 0.2) is 46.7 Å². The van der Waals surface area contributed by atoms with Gasteiger partial charge in [0.1, 0.15) is 5.56 Å². The number of aromatic hydroxyl groups is 1. The van der Waals surface area contributed by atoms with E-state index in [0.717, 1.165) is 18.8 Å². The zero-order chi connectivity index (χ0) is 18.4. The average Bonchev–Trinajstić information content (AvgIpc) is 2.60. The molecule has 2 N–H and O–H groups in total. The molecule has 0 aliphatic heterocycles. The number of nitrogens with zero attached hydrogens (tertiary/aromatic N) is 3. The van der Waals surface area contributed by atoms with Crippen molar-refractivity contribution in [1.29, 1.82) is 0 Å². The van der Waals surface area contributed by atoms with Crippen LogP contribution in [0.25, 0.3) is 0 Å². The van der Waals surface area contributed by atoms with Gasteiger partial charge in [-0.2, -0.15) is 0 Å². The number of aliphatic imine (C=N–C) groups is 1. The van der Waals surface area contributed by atoms with Crippen molar-refractivity contribution in [3.8, 4) is 5.88 Å². The van der Waals surface area contributed by atoms with E-state index in [-0.39, 0.29) is 16.2 Å². The van der Waals surface area contributed by atoms with Crippen molar-refractivity contribution in [2.24, 2.45) is 4.99 Å². The summed E-state index contributed by atoms with van der Waals surface area (Å²) in [5.41, 5.74) is 1.38. The molecule has 0 atom stereocenters. The minimum atomic E-state index is -0.480. The molecule has 2 rings (SSSR count). The third-order valence-corrected chi connectivity index (χ3v) is 4.16. The van der Waals surface area contributed by atoms with Gasteiger partial charge in [-0.3, -0.25) is 19.3 Å². The Morgan fingerprint density at radius 3 is 2.52 bits per heavy atom. The van der Waals surface area contributed by atoms with Crippen molar-refractivity contribution in [2.75, 3.05) is 18.0 Å². The molecule has 0 aliphatic rings. The highest BCUT2D eigenvalue weighted by Crippen LogP contribution is 2.20. The number of rotatable bonds is 7. The summed E-state index contributed by atoms with van der Waals surface area (Å²) >= 11 is 5.04. The Hall–Kier alpha value is -2.67. The molecule has 0 saturated heterocycles. The van der Waals surface area contributed by atoms with Gasteiger partial charge in [-0.25, -0.2) is 0 Å². The number of H-pyrrole nitrogens is 1. The number of aromatic amines is 1. The van der Waals surface area contributed by atoms with Gasteiger partial charge in [0.05, 0.1) is 5.69 Å². The van der Waals surface area contributed by atoms with Crippen molar-refractivity contribution in [3.05, 3.63) is 57.6 Å². The number of allylic oxidation sites excluding steroid dienone is 1. The standard InChI is InChI=1S/C18H22N4O2S/c1-4-11-22-17(24)15(16(23)20-18(22)25)12-19-13-7-9-14(10-8-13)21(5-2)6-3/h4,7-10,12,24H,1,5-6,11H2,2-3H3,(H,20,23,25). The summed E-state index contributed by atoms with van der Waals surface area (Å²) in [5, 5.41) is 10.3. The first-order valence-corrected chi connectivity index (χ1v) is 8.48. The van der Waals surface area contributed by atoms with Crippen LogP contribution < -0.4 is 10.5 Å². The molecule has 2 aromatic rings. The van der Waals surface area contributed by atoms with E-state index in [9.17, 15) is 9.90 Å². The van der Waals surface area contributed by atoms with Crippen LogP contribution in [-0.4, -0.2) is 34.0 Å². The fourth-order valence-corrected chi connectivity index (χ4v) is 2.72. The van der Waals surface area contributed by atoms with Crippen molar-refractivity contribution in [2.45, 2.75) is 20.4 Å². The van der Waals surface area contributed by atoms with Gasteiger partial charge in [0.2, 0.25) is 5.88 Å². The van der Waals surface area contributed by atoms with E-state index in [1.807, 2.05) is 24.3 Å². The topological polar surface area (TPSA) is 73.6 Å². The van der Waals surface area contributed by atoms with Gasteiger partial charge < -0.3 is 10.0 Å². The second-order valence-electron chi connectivity index (χ2n) is 5.34. The number of hydrogen-bond donors (Lipinski definition) is 2. The predicted molar refractivity (Wildman–Crippen MR) is 105 cm³/mol. The summed E-state index contributed by atoms with van der Waals surface area (Å²) < 4.78 is 1.53. The highest BCUT2D eigenvalue weighted by Gasteiger charge is 2.10. The number of benzene rings is 1. The molecule has 0 spiro atoms. The largest absolute Gasteiger partial charge is 0.494 e. The zero-order valence-electron chi connectivity index (χ0n) is 14.4. The van der Waals surface area contributed by atoms with Crippen molar-refractivity contribution in [3.63, 3.8) is 0 Å². The lowest BCUT2D eigenvalue weighted by molar-refractivity contribution is 0.413. The minimum absolute atomic E-state index is 0.0586. The molecule has 25 heavy (non-hydrogen) atoms. The first kappa shape index (κ1) is 18.7. The summed E-state index contributed by atoms with van der Waals surface area (Å²) in [4.78, 5) is 21.1. The SMILES string of the molecule is C=CCn1c(O)c(C=Nc2ccc(N(CC)CC)cc2)c(=O)[nH]c1=S. The fraction of sp³-hybridized carbons (Fsp3) is 0.278. The third-order valence-electron chi connectivity index (χ3n) is 3.84. The van der Waals surface area contributed by atoms with Gasteiger partial charge in [0, 0.05) is 31.5 Å². The number of nitrogens with one attached hydrogen (secondary N) is 1. The first-order chi connectivity index (χ1) is 12.0. The molecule has 0 fully saturated rings. The predicted octanol–water partition coefficient (Wildman–Crippen LogP) is 3.39. The van der Waals surface area contributed by atoms with Crippen LogP contribution in [0.1, 0.15) is 19.4 Å². The van der Waals surface area contributed by atoms with E-state index in [0.29, 0.717) is 12.2 Å². The Bertz CT molecular complexity index is 877. The summed E-state index contributed by atoms with van der Waals surface area (Å²) in [7, 11) is 0. The van der Waals surface area contributed by atoms with Crippen LogP contribution in [0, 0.1) is 4.77 Å². The Kier molecular flexibility index (Phi) is 6.30. The van der Waals surface area contributed by atoms with E-state index in [2.05, 4.69) is 35.3 Å². The molecule has 1 aromatic heterocycles. The Morgan fingerprint density at radius 2 is 1.96 bits per heavy atom. The molecule has 0 unspecified atom stereocenters. The molecule has 0 amide bonds. The Balaban J connectivity index is 2.33. The normalized spacial score (nSPS) is 11.0. The zero-order valence-corrected chi connectivity index (χ0v) is 15.2. The molecule has 0 bridgehead atoms. The van der Waals surface area contributed by atoms with E-state index in [1.165, 1.54) is 10.8 Å². The monoisotopic (exact) mass is 358 g/mol. The first-order valence-electron chi connectivity index (χ1n) is 8.07. The minimum Gasteiger partial charge on any atom is -0.494 e. The lowest BCUT2D eigenvalue weighted by atomic mass is 10.2. The highest BCUT2D eigenvalue weighted by atomic mass is 32.1. The molecular formula is C18H22N4O2S. The maximum Gasteiger partial charge on any atom is 0.264 e. The van der Waals surface area contributed by atoms with Gasteiger partial charge in [-0.15, -0.1) is 6.58 Å². The van der Waals surface area contributed by atoms with E-state index >= 15 is 0 Å². The number of anilines is 1. The average molecular weight is 358 g/mol. The van der Waals surface area contributed by atoms with E-state index < -0.39 is 5.56 Å². The van der Waals surface area contributed by atoms with Crippen LogP contribution in [0.3, 0.4) is 0 Å². The maximum absolute atomic E-state index is 12.0. The molecule has 132 valence electrons. The molecule has 0 saturated carbocycles. The van der Waals surface area contributed by atoms with Crippen LogP contribution in [-0.2, 0) is 6.54 Å².